The molecule has 1 aliphatic rings. The van der Waals surface area contributed by atoms with Gasteiger partial charge in [-0.3, -0.25) is 4.79 Å². The highest BCUT2D eigenvalue weighted by atomic mass is 16.5. The zero-order chi connectivity index (χ0) is 20.8. The summed E-state index contributed by atoms with van der Waals surface area (Å²) < 4.78 is 5.75. The van der Waals surface area contributed by atoms with Crippen molar-refractivity contribution in [1.29, 1.82) is 0 Å². The van der Waals surface area contributed by atoms with E-state index in [0.29, 0.717) is 25.7 Å². The number of hydrogen-bond acceptors (Lipinski definition) is 5. The molecule has 0 unspecified atom stereocenters. The molecule has 0 saturated carbocycles. The smallest absolute Gasteiger partial charge is 0.303 e. The van der Waals surface area contributed by atoms with Crippen LogP contribution in [0.25, 0.3) is 0 Å². The van der Waals surface area contributed by atoms with Crippen molar-refractivity contribution in [2.75, 3.05) is 0 Å². The van der Waals surface area contributed by atoms with Gasteiger partial charge in [0.15, 0.2) is 0 Å². The van der Waals surface area contributed by atoms with E-state index in [-0.39, 0.29) is 12.5 Å². The molecule has 1 rings (SSSR count). The summed E-state index contributed by atoms with van der Waals surface area (Å²) in [6, 6.07) is 0. The normalized spacial score (nSPS) is 25.5. The van der Waals surface area contributed by atoms with Gasteiger partial charge in [-0.15, -0.1) is 0 Å². The number of carboxylic acid groups (broad SMARTS) is 1. The average molecular weight is 395 g/mol. The SMILES string of the molecule is CC[C@@H](O)/C=C/[C@@H](O)[C@@H]1C[C@@H](O)[C@H](C/C=C\C/C=C\C/C=C\CCC(=O)O)O1. The van der Waals surface area contributed by atoms with E-state index in [2.05, 4.69) is 0 Å². The molecule has 0 radical (unpaired) electrons. The lowest BCUT2D eigenvalue weighted by atomic mass is 10.0. The zero-order valence-corrected chi connectivity index (χ0v) is 16.6. The molecule has 0 aliphatic carbocycles. The number of aliphatic hydroxyl groups excluding tert-OH is 3. The van der Waals surface area contributed by atoms with E-state index in [1.807, 2.05) is 43.4 Å². The van der Waals surface area contributed by atoms with Gasteiger partial charge in [0, 0.05) is 12.8 Å². The minimum Gasteiger partial charge on any atom is -0.481 e. The summed E-state index contributed by atoms with van der Waals surface area (Å²) in [7, 11) is 0. The molecule has 0 aromatic rings. The molecule has 4 N–H and O–H groups in total. The maximum atomic E-state index is 10.4. The summed E-state index contributed by atoms with van der Waals surface area (Å²) in [4.78, 5) is 10.4. The van der Waals surface area contributed by atoms with Crippen LogP contribution in [0.1, 0.15) is 51.9 Å². The first kappa shape index (κ1) is 24.3. The summed E-state index contributed by atoms with van der Waals surface area (Å²) in [6.45, 7) is 1.86. The molecule has 5 atom stereocenters. The molecule has 0 amide bonds. The Morgan fingerprint density at radius 3 is 2.36 bits per heavy atom. The number of aliphatic hydroxyl groups is 3. The predicted octanol–water partition coefficient (Wildman–Crippen LogP) is 2.90. The van der Waals surface area contributed by atoms with Crippen LogP contribution in [0.3, 0.4) is 0 Å². The van der Waals surface area contributed by atoms with Crippen LogP contribution in [0.5, 0.6) is 0 Å². The summed E-state index contributed by atoms with van der Waals surface area (Å²) in [5.74, 6) is -0.783. The van der Waals surface area contributed by atoms with E-state index >= 15 is 0 Å². The molecule has 0 bridgehead atoms. The van der Waals surface area contributed by atoms with Crippen LogP contribution in [0.4, 0.5) is 0 Å². The topological polar surface area (TPSA) is 107 Å². The Morgan fingerprint density at radius 2 is 1.71 bits per heavy atom. The molecule has 0 aromatic heterocycles. The fourth-order valence-corrected chi connectivity index (χ4v) is 2.79. The maximum absolute atomic E-state index is 10.4. The standard InChI is InChI=1S/C22H34O6/c1-2-17(23)14-15-18(24)21-16-19(25)20(28-21)12-10-8-6-4-3-5-7-9-11-13-22(26)27/h3-4,7-10,14-15,17-21,23-25H,2,5-6,11-13,16H2,1H3,(H,26,27)/b4-3-,9-7-,10-8-,15-14+/t17-,18-,19-,20+,21+/m1/s1. The minimum atomic E-state index is -0.837. The third-order valence-corrected chi connectivity index (χ3v) is 4.52. The minimum absolute atomic E-state index is 0.160. The second-order valence-corrected chi connectivity index (χ2v) is 6.92. The molecule has 6 heteroatoms. The van der Waals surface area contributed by atoms with Crippen LogP contribution in [-0.2, 0) is 9.53 Å². The molecule has 1 fully saturated rings. The highest BCUT2D eigenvalue weighted by Crippen LogP contribution is 2.26. The van der Waals surface area contributed by atoms with Crippen molar-refractivity contribution in [3.05, 3.63) is 48.6 Å². The van der Waals surface area contributed by atoms with E-state index in [4.69, 9.17) is 9.84 Å². The monoisotopic (exact) mass is 394 g/mol. The van der Waals surface area contributed by atoms with Gasteiger partial charge in [0.2, 0.25) is 0 Å². The van der Waals surface area contributed by atoms with Gasteiger partial charge in [-0.05, 0) is 32.1 Å². The Labute approximate surface area is 167 Å². The molecule has 1 aliphatic heterocycles. The Kier molecular flexibility index (Phi) is 12.4. The van der Waals surface area contributed by atoms with Crippen LogP contribution in [0, 0.1) is 0 Å². The van der Waals surface area contributed by atoms with E-state index in [1.165, 1.54) is 6.08 Å². The average Bonchev–Trinajstić information content (AvgIpc) is 3.04. The molecule has 1 heterocycles. The summed E-state index contributed by atoms with van der Waals surface area (Å²) in [5.41, 5.74) is 0. The largest absolute Gasteiger partial charge is 0.481 e. The van der Waals surface area contributed by atoms with Crippen molar-refractivity contribution < 1.29 is 30.0 Å². The Hall–Kier alpha value is -1.73. The van der Waals surface area contributed by atoms with Gasteiger partial charge in [0.1, 0.15) is 0 Å². The Bertz CT molecular complexity index is 551. The van der Waals surface area contributed by atoms with Crippen LogP contribution >= 0.6 is 0 Å². The van der Waals surface area contributed by atoms with E-state index in [1.54, 1.807) is 6.08 Å². The van der Waals surface area contributed by atoms with Crippen LogP contribution in [0.15, 0.2) is 48.6 Å². The van der Waals surface area contributed by atoms with Gasteiger partial charge in [-0.1, -0.05) is 55.5 Å². The molecule has 158 valence electrons. The van der Waals surface area contributed by atoms with Crippen molar-refractivity contribution in [3.63, 3.8) is 0 Å². The lowest BCUT2D eigenvalue weighted by molar-refractivity contribution is -0.136. The van der Waals surface area contributed by atoms with Gasteiger partial charge < -0.3 is 25.2 Å². The fraction of sp³-hybridized carbons (Fsp3) is 0.591. The summed E-state index contributed by atoms with van der Waals surface area (Å²) >= 11 is 0. The number of ether oxygens (including phenoxy) is 1. The number of rotatable bonds is 13. The first-order valence-corrected chi connectivity index (χ1v) is 9.98. The number of allylic oxidation sites excluding steroid dienone is 5. The molecular weight excluding hydrogens is 360 g/mol. The quantitative estimate of drug-likeness (QED) is 0.358. The fourth-order valence-electron chi connectivity index (χ4n) is 2.79. The zero-order valence-electron chi connectivity index (χ0n) is 16.6. The highest BCUT2D eigenvalue weighted by molar-refractivity contribution is 5.66. The first-order valence-electron chi connectivity index (χ1n) is 9.98. The third kappa shape index (κ3) is 10.6. The van der Waals surface area contributed by atoms with Crippen molar-refractivity contribution in [2.45, 2.75) is 82.4 Å². The summed E-state index contributed by atoms with van der Waals surface area (Å²) in [5, 5.41) is 38.2. The van der Waals surface area contributed by atoms with Gasteiger partial charge in [0.05, 0.1) is 30.5 Å². The maximum Gasteiger partial charge on any atom is 0.303 e. The van der Waals surface area contributed by atoms with Crippen molar-refractivity contribution in [3.8, 4) is 0 Å². The lowest BCUT2D eigenvalue weighted by Crippen LogP contribution is -2.24. The van der Waals surface area contributed by atoms with Crippen molar-refractivity contribution >= 4 is 5.97 Å². The number of carboxylic acids is 1. The van der Waals surface area contributed by atoms with Gasteiger partial charge in [-0.25, -0.2) is 0 Å². The summed E-state index contributed by atoms with van der Waals surface area (Å²) in [6.07, 6.45) is 15.9. The number of hydrogen-bond donors (Lipinski definition) is 4. The second-order valence-electron chi connectivity index (χ2n) is 6.92. The number of aliphatic carboxylic acids is 1. The van der Waals surface area contributed by atoms with Crippen LogP contribution < -0.4 is 0 Å². The Morgan fingerprint density at radius 1 is 1.07 bits per heavy atom. The molecular formula is C22H34O6. The second kappa shape index (κ2) is 14.3. The number of carbonyl (C=O) groups is 1. The van der Waals surface area contributed by atoms with Gasteiger partial charge in [-0.2, -0.15) is 0 Å². The highest BCUT2D eigenvalue weighted by Gasteiger charge is 2.36. The van der Waals surface area contributed by atoms with Crippen molar-refractivity contribution in [1.82, 2.24) is 0 Å². The van der Waals surface area contributed by atoms with E-state index < -0.39 is 30.4 Å². The van der Waals surface area contributed by atoms with E-state index in [0.717, 1.165) is 12.8 Å². The molecule has 1 saturated heterocycles. The van der Waals surface area contributed by atoms with Gasteiger partial charge >= 0.3 is 5.97 Å². The van der Waals surface area contributed by atoms with Crippen LogP contribution in [0.2, 0.25) is 0 Å². The first-order chi connectivity index (χ1) is 13.4. The Balaban J connectivity index is 2.23. The molecule has 0 aromatic carbocycles. The van der Waals surface area contributed by atoms with Crippen molar-refractivity contribution in [2.24, 2.45) is 0 Å². The third-order valence-electron chi connectivity index (χ3n) is 4.52. The molecule has 28 heavy (non-hydrogen) atoms. The lowest BCUT2D eigenvalue weighted by Gasteiger charge is -2.16. The molecule has 0 spiro atoms. The molecule has 6 nitrogen and oxygen atoms in total. The van der Waals surface area contributed by atoms with E-state index in [9.17, 15) is 20.1 Å². The van der Waals surface area contributed by atoms with Gasteiger partial charge in [0.25, 0.3) is 0 Å². The van der Waals surface area contributed by atoms with Crippen LogP contribution in [-0.4, -0.2) is 56.9 Å². The predicted molar refractivity (Wildman–Crippen MR) is 109 cm³/mol.